The smallest absolute Gasteiger partial charge is 1.00 e. The molecular formula is H4AuNa3O2S2-. The number of hydrogen-bond acceptors (Lipinski definition) is 3. The summed E-state index contributed by atoms with van der Waals surface area (Å²) in [6.07, 6.45) is 0. The minimum absolute atomic E-state index is 0. The zero-order valence-electron chi connectivity index (χ0n) is 7.97. The minimum atomic E-state index is -2.03. The van der Waals surface area contributed by atoms with E-state index < -0.39 is 9.64 Å². The van der Waals surface area contributed by atoms with Gasteiger partial charge in [0.1, 0.15) is 0 Å². The van der Waals surface area contributed by atoms with E-state index in [1.807, 2.05) is 0 Å². The number of hydrogen-bond donors (Lipinski definition) is 1. The quantitative estimate of drug-likeness (QED) is 0.263. The van der Waals surface area contributed by atoms with Crippen molar-refractivity contribution in [1.82, 2.24) is 0 Å². The van der Waals surface area contributed by atoms with Crippen LogP contribution in [0.15, 0.2) is 0 Å². The molecule has 0 atom stereocenters. The van der Waals surface area contributed by atoms with Crippen LogP contribution in [0.1, 0.15) is 4.28 Å². The average molecular weight is 366 g/mol. The SMILES string of the molecule is O=[S-](O)=S.[Au].[H-].[H-].[H-].[Na+].[Na+].[Na+]. The van der Waals surface area contributed by atoms with Crippen LogP contribution < -0.4 is 88.7 Å². The topological polar surface area (TPSA) is 37.3 Å². The molecule has 1 N–H and O–H groups in total. The molecule has 8 heteroatoms. The summed E-state index contributed by atoms with van der Waals surface area (Å²) in [5, 5.41) is 0. The normalized spacial score (nSPS) is 4.25. The fourth-order valence-corrected chi connectivity index (χ4v) is 0. The molecule has 8 heavy (non-hydrogen) atoms. The van der Waals surface area contributed by atoms with E-state index in [0.717, 1.165) is 0 Å². The van der Waals surface area contributed by atoms with Gasteiger partial charge in [0.15, 0.2) is 0 Å². The summed E-state index contributed by atoms with van der Waals surface area (Å²) in [5.74, 6) is 0. The van der Waals surface area contributed by atoms with Crippen molar-refractivity contribution in [2.75, 3.05) is 0 Å². The third-order valence-corrected chi connectivity index (χ3v) is 0. The van der Waals surface area contributed by atoms with Crippen LogP contribution in [0.4, 0.5) is 0 Å². The van der Waals surface area contributed by atoms with Gasteiger partial charge in [-0.3, -0.25) is 0 Å². The van der Waals surface area contributed by atoms with Gasteiger partial charge in [0.2, 0.25) is 0 Å². The Bertz CT molecular complexity index is 73.0. The molecular weight excluding hydrogens is 362 g/mol. The van der Waals surface area contributed by atoms with Gasteiger partial charge in [-0.2, -0.15) is 0 Å². The molecule has 0 aliphatic rings. The molecule has 0 aliphatic heterocycles. The third-order valence-electron chi connectivity index (χ3n) is 0. The van der Waals surface area contributed by atoms with Crippen molar-refractivity contribution in [3.05, 3.63) is 0 Å². The zero-order valence-corrected chi connectivity index (χ0v) is 14.8. The summed E-state index contributed by atoms with van der Waals surface area (Å²) in [6.45, 7) is 0. The van der Waals surface area contributed by atoms with Gasteiger partial charge >= 0.3 is 88.7 Å². The molecule has 0 bridgehead atoms. The second kappa shape index (κ2) is 22.5. The fraction of sp³-hybridized carbons (Fsp3) is 0. The molecule has 43 valence electrons. The van der Waals surface area contributed by atoms with E-state index in [4.69, 9.17) is 8.76 Å². The van der Waals surface area contributed by atoms with Crippen molar-refractivity contribution < 1.29 is 124 Å². The molecule has 0 amide bonds. The van der Waals surface area contributed by atoms with E-state index in [1.54, 1.807) is 0 Å². The van der Waals surface area contributed by atoms with Gasteiger partial charge in [-0.1, -0.05) is 9.64 Å². The van der Waals surface area contributed by atoms with Crippen molar-refractivity contribution in [1.29, 1.82) is 0 Å². The van der Waals surface area contributed by atoms with Gasteiger partial charge in [0.25, 0.3) is 0 Å². The molecule has 0 fully saturated rings. The second-order valence-electron chi connectivity index (χ2n) is 0.217. The van der Waals surface area contributed by atoms with Gasteiger partial charge in [-0.25, -0.2) is 11.2 Å². The summed E-state index contributed by atoms with van der Waals surface area (Å²) in [4.78, 5) is 0. The molecule has 0 saturated carbocycles. The Morgan fingerprint density at radius 1 is 1.38 bits per heavy atom. The molecule has 2 nitrogen and oxygen atoms in total. The van der Waals surface area contributed by atoms with E-state index in [1.165, 1.54) is 0 Å². The molecule has 0 aromatic rings. The van der Waals surface area contributed by atoms with E-state index in [-0.39, 0.29) is 115 Å². The predicted octanol–water partition coefficient (Wildman–Crippen LogP) is -8.77. The third kappa shape index (κ3) is 50.0. The summed E-state index contributed by atoms with van der Waals surface area (Å²) in [5.41, 5.74) is 0. The number of rotatable bonds is 0. The van der Waals surface area contributed by atoms with Gasteiger partial charge in [0, 0.05) is 22.4 Å². The van der Waals surface area contributed by atoms with E-state index in [2.05, 4.69) is 11.2 Å². The van der Waals surface area contributed by atoms with Crippen LogP contribution in [0.3, 0.4) is 0 Å². The monoisotopic (exact) mass is 366 g/mol. The maximum Gasteiger partial charge on any atom is 1.00 e. The Morgan fingerprint density at radius 3 is 1.38 bits per heavy atom. The molecule has 0 spiro atoms. The molecule has 0 rings (SSSR count). The van der Waals surface area contributed by atoms with Crippen molar-refractivity contribution in [3.8, 4) is 0 Å². The van der Waals surface area contributed by atoms with Crippen LogP contribution in [0.5, 0.6) is 0 Å². The Labute approximate surface area is 142 Å². The molecule has 1 radical (unpaired) electrons. The van der Waals surface area contributed by atoms with Crippen molar-refractivity contribution in [2.24, 2.45) is 0 Å². The Kier molecular flexibility index (Phi) is 83.1. The fourth-order valence-electron chi connectivity index (χ4n) is 0. The van der Waals surface area contributed by atoms with Crippen LogP contribution in [0.25, 0.3) is 0 Å². The zero-order chi connectivity index (χ0) is 3.58. The van der Waals surface area contributed by atoms with E-state index >= 15 is 0 Å². The molecule has 0 aromatic heterocycles. The maximum atomic E-state index is 8.93. The molecule has 0 saturated heterocycles. The molecule has 0 unspecified atom stereocenters. The standard InChI is InChI=1S/Au.3Na.HO2S2.3H/c;;;;1-4(2)3;;;/h;;;;(H,1,2,3);;;/q;3*+1;4*-1. The van der Waals surface area contributed by atoms with Gasteiger partial charge in [-0.05, 0) is 0 Å². The van der Waals surface area contributed by atoms with Crippen molar-refractivity contribution in [3.63, 3.8) is 0 Å². The summed E-state index contributed by atoms with van der Waals surface area (Å²) < 4.78 is 16.3. The molecule has 0 aromatic carbocycles. The Morgan fingerprint density at radius 2 is 1.38 bits per heavy atom. The van der Waals surface area contributed by atoms with Gasteiger partial charge in [-0.15, -0.1) is 0 Å². The van der Waals surface area contributed by atoms with Crippen LogP contribution >= 0.6 is 0 Å². The first-order valence-corrected chi connectivity index (χ1v) is 2.55. The van der Waals surface area contributed by atoms with Crippen molar-refractivity contribution in [2.45, 2.75) is 0 Å². The summed E-state index contributed by atoms with van der Waals surface area (Å²) >= 11 is 3.65. The first-order chi connectivity index (χ1) is 1.73. The van der Waals surface area contributed by atoms with Gasteiger partial charge in [0.05, 0.1) is 0 Å². The minimum Gasteiger partial charge on any atom is -1.00 e. The summed E-state index contributed by atoms with van der Waals surface area (Å²) in [7, 11) is -2.03. The molecule has 0 aliphatic carbocycles. The van der Waals surface area contributed by atoms with Crippen LogP contribution in [-0.2, 0) is 47.4 Å². The van der Waals surface area contributed by atoms with E-state index in [9.17, 15) is 0 Å². The average Bonchev–Trinajstić information content (AvgIpc) is 0.811. The second-order valence-corrected chi connectivity index (χ2v) is 1.51. The largest absolute Gasteiger partial charge is 1.00 e. The Balaban J connectivity index is -0.00000000214. The van der Waals surface area contributed by atoms with Crippen LogP contribution in [0, 0.1) is 0 Å². The van der Waals surface area contributed by atoms with Gasteiger partial charge < -0.3 is 13.0 Å². The van der Waals surface area contributed by atoms with Crippen molar-refractivity contribution >= 4 is 20.8 Å². The summed E-state index contributed by atoms with van der Waals surface area (Å²) in [6, 6.07) is 0. The predicted molar refractivity (Wildman–Crippen MR) is 21.4 cm³/mol. The first kappa shape index (κ1) is 29.6. The maximum absolute atomic E-state index is 8.93. The Hall–Kier alpha value is 4.07. The molecule has 0 heterocycles. The first-order valence-electron chi connectivity index (χ1n) is 0.516. The van der Waals surface area contributed by atoms with E-state index in [0.29, 0.717) is 0 Å². The van der Waals surface area contributed by atoms with Crippen LogP contribution in [0.2, 0.25) is 0 Å². The van der Waals surface area contributed by atoms with Crippen LogP contribution in [-0.4, -0.2) is 4.55 Å².